The van der Waals surface area contributed by atoms with Crippen molar-refractivity contribution in [3.05, 3.63) is 70.7 Å². The number of piperidine rings is 1. The number of carbonyl (C=O) groups is 3. The molecule has 2 aromatic carbocycles. The number of halogens is 1. The number of hydrogen-bond donors (Lipinski definition) is 1. The average molecular weight is 460 g/mol. The molecule has 1 amide bonds. The number of aliphatic carboxylic acids is 1. The van der Waals surface area contributed by atoms with Gasteiger partial charge in [0, 0.05) is 11.6 Å². The van der Waals surface area contributed by atoms with Crippen molar-refractivity contribution in [2.45, 2.75) is 38.8 Å². The van der Waals surface area contributed by atoms with Crippen LogP contribution in [-0.4, -0.2) is 47.2 Å². The number of likely N-dealkylation sites (tertiary alicyclic amines) is 1. The zero-order valence-corrected chi connectivity index (χ0v) is 18.6. The molecule has 1 N–H and O–H groups in total. The van der Waals surface area contributed by atoms with Gasteiger partial charge < -0.3 is 19.5 Å². The lowest BCUT2D eigenvalue weighted by Gasteiger charge is -2.45. The Morgan fingerprint density at radius 2 is 1.75 bits per heavy atom. The summed E-state index contributed by atoms with van der Waals surface area (Å²) in [5, 5.41) is 10.7. The lowest BCUT2D eigenvalue weighted by atomic mass is 9.70. The van der Waals surface area contributed by atoms with Crippen LogP contribution in [0.25, 0.3) is 0 Å². The number of carboxylic acids is 1. The van der Waals surface area contributed by atoms with Gasteiger partial charge in [0.2, 0.25) is 0 Å². The van der Waals surface area contributed by atoms with Crippen LogP contribution >= 0.6 is 11.6 Å². The molecule has 1 heterocycles. The van der Waals surface area contributed by atoms with Gasteiger partial charge in [0.1, 0.15) is 6.61 Å². The van der Waals surface area contributed by atoms with Gasteiger partial charge in [0.15, 0.2) is 5.41 Å². The van der Waals surface area contributed by atoms with Crippen LogP contribution in [-0.2, 0) is 32.1 Å². The molecular formula is C24H26ClNO6. The van der Waals surface area contributed by atoms with E-state index in [-0.39, 0.29) is 32.6 Å². The Hall–Kier alpha value is -3.06. The number of hydrogen-bond acceptors (Lipinski definition) is 5. The molecule has 8 heteroatoms. The summed E-state index contributed by atoms with van der Waals surface area (Å²) in [6, 6.07) is 15.1. The highest BCUT2D eigenvalue weighted by atomic mass is 35.5. The number of nitrogens with zero attached hydrogens (tertiary/aromatic N) is 1. The van der Waals surface area contributed by atoms with Gasteiger partial charge in [0.05, 0.1) is 12.6 Å². The molecule has 1 saturated heterocycles. The second kappa shape index (κ2) is 10.5. The molecule has 0 radical (unpaired) electrons. The average Bonchev–Trinajstić information content (AvgIpc) is 2.79. The van der Waals surface area contributed by atoms with E-state index < -0.39 is 29.5 Å². The third-order valence-electron chi connectivity index (χ3n) is 5.72. The number of benzene rings is 2. The van der Waals surface area contributed by atoms with Crippen molar-refractivity contribution in [3.63, 3.8) is 0 Å². The van der Waals surface area contributed by atoms with Gasteiger partial charge in [-0.3, -0.25) is 9.59 Å². The van der Waals surface area contributed by atoms with E-state index in [1.54, 1.807) is 31.2 Å². The standard InChI is InChI=1S/C24H26ClNO6/c1-2-31-22(29)24(21(27)28)13-6-14-26(20(24)15-17-9-11-19(25)12-10-17)23(30)32-16-18-7-4-3-5-8-18/h3-5,7-12,20H,2,6,13-16H2,1H3,(H,27,28). The molecule has 0 aromatic heterocycles. The number of esters is 1. The van der Waals surface area contributed by atoms with Gasteiger partial charge in [-0.2, -0.15) is 0 Å². The number of carboxylic acid groups (broad SMARTS) is 1. The highest BCUT2D eigenvalue weighted by Gasteiger charge is 2.58. The maximum Gasteiger partial charge on any atom is 0.410 e. The summed E-state index contributed by atoms with van der Waals surface area (Å²) in [5.74, 6) is -2.15. The van der Waals surface area contributed by atoms with Gasteiger partial charge >= 0.3 is 18.0 Å². The van der Waals surface area contributed by atoms with E-state index in [4.69, 9.17) is 21.1 Å². The highest BCUT2D eigenvalue weighted by Crippen LogP contribution is 2.40. The fourth-order valence-corrected chi connectivity index (χ4v) is 4.23. The van der Waals surface area contributed by atoms with E-state index in [1.807, 2.05) is 30.3 Å². The van der Waals surface area contributed by atoms with Crippen LogP contribution in [0.3, 0.4) is 0 Å². The first-order chi connectivity index (χ1) is 15.4. The second-order valence-electron chi connectivity index (χ2n) is 7.68. The fraction of sp³-hybridized carbons (Fsp3) is 0.375. The predicted molar refractivity (Wildman–Crippen MR) is 118 cm³/mol. The van der Waals surface area contributed by atoms with Crippen LogP contribution in [0.5, 0.6) is 0 Å². The van der Waals surface area contributed by atoms with Crippen molar-refractivity contribution in [1.29, 1.82) is 0 Å². The molecule has 3 rings (SSSR count). The zero-order chi connectivity index (χ0) is 23.1. The van der Waals surface area contributed by atoms with E-state index in [9.17, 15) is 19.5 Å². The van der Waals surface area contributed by atoms with E-state index in [1.165, 1.54) is 4.90 Å². The quantitative estimate of drug-likeness (QED) is 0.489. The topological polar surface area (TPSA) is 93.1 Å². The summed E-state index contributed by atoms with van der Waals surface area (Å²) in [5.41, 5.74) is -0.335. The molecule has 2 atom stereocenters. The molecule has 0 bridgehead atoms. The van der Waals surface area contributed by atoms with Crippen LogP contribution in [0.15, 0.2) is 54.6 Å². The third kappa shape index (κ3) is 5.05. The molecular weight excluding hydrogens is 434 g/mol. The molecule has 2 aromatic rings. The monoisotopic (exact) mass is 459 g/mol. The summed E-state index contributed by atoms with van der Waals surface area (Å²) in [6.07, 6.45) is -0.116. The first-order valence-electron chi connectivity index (χ1n) is 10.5. The van der Waals surface area contributed by atoms with Crippen molar-refractivity contribution in [1.82, 2.24) is 4.90 Å². The molecule has 0 spiro atoms. The Morgan fingerprint density at radius 1 is 1.06 bits per heavy atom. The van der Waals surface area contributed by atoms with Gasteiger partial charge in [0.25, 0.3) is 0 Å². The van der Waals surface area contributed by atoms with Crippen molar-refractivity contribution in [2.75, 3.05) is 13.2 Å². The maximum atomic E-state index is 13.1. The van der Waals surface area contributed by atoms with Gasteiger partial charge in [-0.05, 0) is 49.4 Å². The van der Waals surface area contributed by atoms with Gasteiger partial charge in [-0.15, -0.1) is 0 Å². The highest BCUT2D eigenvalue weighted by molar-refractivity contribution is 6.30. The molecule has 1 aliphatic heterocycles. The van der Waals surface area contributed by atoms with Crippen molar-refractivity contribution in [3.8, 4) is 0 Å². The van der Waals surface area contributed by atoms with Crippen LogP contribution in [0, 0.1) is 5.41 Å². The Labute approximate surface area is 191 Å². The van der Waals surface area contributed by atoms with Crippen molar-refractivity contribution >= 4 is 29.6 Å². The minimum Gasteiger partial charge on any atom is -0.480 e. The Kier molecular flexibility index (Phi) is 7.75. The first kappa shape index (κ1) is 23.6. The lowest BCUT2D eigenvalue weighted by Crippen LogP contribution is -2.62. The molecule has 170 valence electrons. The minimum atomic E-state index is -1.89. The summed E-state index contributed by atoms with van der Waals surface area (Å²) in [4.78, 5) is 39.9. The largest absolute Gasteiger partial charge is 0.480 e. The number of carbonyl (C=O) groups excluding carboxylic acids is 2. The SMILES string of the molecule is CCOC(=O)C1(C(=O)O)CCCN(C(=O)OCc2ccccc2)C1Cc1ccc(Cl)cc1. The predicted octanol–water partition coefficient (Wildman–Crippen LogP) is 4.32. The number of rotatable bonds is 7. The second-order valence-corrected chi connectivity index (χ2v) is 8.12. The van der Waals surface area contributed by atoms with E-state index >= 15 is 0 Å². The molecule has 1 fully saturated rings. The number of ether oxygens (including phenoxy) is 2. The van der Waals surface area contributed by atoms with Crippen LogP contribution in [0.4, 0.5) is 4.79 Å². The summed E-state index contributed by atoms with van der Waals surface area (Å²) < 4.78 is 10.7. The lowest BCUT2D eigenvalue weighted by molar-refractivity contribution is -0.177. The third-order valence-corrected chi connectivity index (χ3v) is 5.97. The number of amides is 1. The molecule has 32 heavy (non-hydrogen) atoms. The molecule has 0 aliphatic carbocycles. The molecule has 0 saturated carbocycles. The van der Waals surface area contributed by atoms with Crippen LogP contribution < -0.4 is 0 Å². The Bertz CT molecular complexity index is 949. The summed E-state index contributed by atoms with van der Waals surface area (Å²) in [7, 11) is 0. The Balaban J connectivity index is 1.93. The summed E-state index contributed by atoms with van der Waals surface area (Å²) >= 11 is 5.98. The molecule has 2 unspecified atom stereocenters. The van der Waals surface area contributed by atoms with Crippen LogP contribution in [0.2, 0.25) is 5.02 Å². The molecule has 7 nitrogen and oxygen atoms in total. The van der Waals surface area contributed by atoms with E-state index in [0.29, 0.717) is 11.4 Å². The first-order valence-corrected chi connectivity index (χ1v) is 10.9. The van der Waals surface area contributed by atoms with Gasteiger partial charge in [-0.1, -0.05) is 54.1 Å². The normalized spacial score (nSPS) is 20.4. The maximum absolute atomic E-state index is 13.1. The fourth-order valence-electron chi connectivity index (χ4n) is 4.10. The minimum absolute atomic E-state index is 0.0416. The summed E-state index contributed by atoms with van der Waals surface area (Å²) in [6.45, 7) is 1.99. The van der Waals surface area contributed by atoms with Gasteiger partial charge in [-0.25, -0.2) is 4.79 Å². The smallest absolute Gasteiger partial charge is 0.410 e. The van der Waals surface area contributed by atoms with E-state index in [0.717, 1.165) is 11.1 Å². The Morgan fingerprint density at radius 3 is 2.38 bits per heavy atom. The van der Waals surface area contributed by atoms with Crippen LogP contribution in [0.1, 0.15) is 30.9 Å². The molecule has 1 aliphatic rings. The van der Waals surface area contributed by atoms with Crippen molar-refractivity contribution < 1.29 is 29.0 Å². The zero-order valence-electron chi connectivity index (χ0n) is 17.8. The van der Waals surface area contributed by atoms with E-state index in [2.05, 4.69) is 0 Å². The van der Waals surface area contributed by atoms with Crippen molar-refractivity contribution in [2.24, 2.45) is 5.41 Å².